The minimum absolute atomic E-state index is 0.0220. The van der Waals surface area contributed by atoms with E-state index in [4.69, 9.17) is 11.6 Å². The number of nitro groups is 1. The monoisotopic (exact) mass is 349 g/mol. The molecule has 0 atom stereocenters. The highest BCUT2D eigenvalue weighted by atomic mass is 35.5. The Labute approximate surface area is 141 Å². The number of rotatable bonds is 4. The van der Waals surface area contributed by atoms with Crippen molar-refractivity contribution in [1.29, 1.82) is 0 Å². The molecule has 0 saturated heterocycles. The minimum Gasteiger partial charge on any atom is -0.508 e. The van der Waals surface area contributed by atoms with Crippen LogP contribution in [0.15, 0.2) is 41.5 Å². The van der Waals surface area contributed by atoms with Gasteiger partial charge in [0.15, 0.2) is 0 Å². The van der Waals surface area contributed by atoms with Crippen LogP contribution in [0, 0.1) is 10.1 Å². The summed E-state index contributed by atoms with van der Waals surface area (Å²) in [4.78, 5) is 22.1. The van der Waals surface area contributed by atoms with Crippen LogP contribution in [-0.2, 0) is 0 Å². The number of carbonyl (C=O) groups is 1. The van der Waals surface area contributed by atoms with E-state index in [-0.39, 0.29) is 27.8 Å². The lowest BCUT2D eigenvalue weighted by molar-refractivity contribution is -0.384. The molecule has 0 aliphatic heterocycles. The average Bonchev–Trinajstić information content (AvgIpc) is 2.52. The Kier molecular flexibility index (Phi) is 5.00. The van der Waals surface area contributed by atoms with E-state index in [0.29, 0.717) is 11.3 Å². The van der Waals surface area contributed by atoms with Crippen molar-refractivity contribution in [2.24, 2.45) is 5.10 Å². The lowest BCUT2D eigenvalue weighted by Gasteiger charge is -2.06. The molecule has 2 aromatic rings. The van der Waals surface area contributed by atoms with Gasteiger partial charge in [0, 0.05) is 23.8 Å². The van der Waals surface area contributed by atoms with Crippen LogP contribution in [0.2, 0.25) is 5.02 Å². The largest absolute Gasteiger partial charge is 0.508 e. The van der Waals surface area contributed by atoms with Crippen molar-refractivity contribution >= 4 is 28.9 Å². The van der Waals surface area contributed by atoms with Gasteiger partial charge in [-0.3, -0.25) is 14.9 Å². The van der Waals surface area contributed by atoms with Crippen LogP contribution in [0.25, 0.3) is 0 Å². The van der Waals surface area contributed by atoms with Gasteiger partial charge in [0.2, 0.25) is 0 Å². The maximum absolute atomic E-state index is 12.0. The number of phenolic OH excluding ortho intramolecular Hbond substituents is 2. The molecule has 0 spiro atoms. The molecule has 0 fully saturated rings. The molecular weight excluding hydrogens is 338 g/mol. The summed E-state index contributed by atoms with van der Waals surface area (Å²) in [6.45, 7) is 1.55. The van der Waals surface area contributed by atoms with Gasteiger partial charge in [0.25, 0.3) is 11.6 Å². The van der Waals surface area contributed by atoms with Crippen LogP contribution in [0.4, 0.5) is 5.69 Å². The topological polar surface area (TPSA) is 125 Å². The Morgan fingerprint density at radius 1 is 1.21 bits per heavy atom. The Morgan fingerprint density at radius 2 is 1.88 bits per heavy atom. The fourth-order valence-electron chi connectivity index (χ4n) is 1.88. The molecule has 24 heavy (non-hydrogen) atoms. The van der Waals surface area contributed by atoms with Gasteiger partial charge in [-0.25, -0.2) is 5.43 Å². The zero-order chi connectivity index (χ0) is 17.9. The van der Waals surface area contributed by atoms with Crippen LogP contribution in [0.3, 0.4) is 0 Å². The number of hydrazone groups is 1. The molecule has 1 amide bonds. The van der Waals surface area contributed by atoms with E-state index < -0.39 is 10.8 Å². The molecule has 0 heterocycles. The van der Waals surface area contributed by atoms with Gasteiger partial charge < -0.3 is 10.2 Å². The van der Waals surface area contributed by atoms with Gasteiger partial charge in [0.1, 0.15) is 11.5 Å². The summed E-state index contributed by atoms with van der Waals surface area (Å²) in [6, 6.07) is 7.39. The number of non-ortho nitro benzene ring substituents is 1. The summed E-state index contributed by atoms with van der Waals surface area (Å²) < 4.78 is 0. The summed E-state index contributed by atoms with van der Waals surface area (Å²) in [5.41, 5.74) is 2.65. The Hall–Kier alpha value is -3.13. The molecule has 0 aliphatic carbocycles. The number of benzene rings is 2. The molecule has 3 N–H and O–H groups in total. The van der Waals surface area contributed by atoms with Crippen molar-refractivity contribution in [2.45, 2.75) is 6.92 Å². The number of nitrogens with one attached hydrogen (secondary N) is 1. The van der Waals surface area contributed by atoms with Crippen molar-refractivity contribution in [3.63, 3.8) is 0 Å². The molecule has 0 aromatic heterocycles. The number of halogens is 1. The number of hydrogen-bond acceptors (Lipinski definition) is 6. The number of hydrogen-bond donors (Lipinski definition) is 3. The summed E-state index contributed by atoms with van der Waals surface area (Å²) in [5.74, 6) is -0.961. The summed E-state index contributed by atoms with van der Waals surface area (Å²) in [6.07, 6.45) is 0. The average molecular weight is 350 g/mol. The molecule has 0 bridgehead atoms. The van der Waals surface area contributed by atoms with Crippen LogP contribution < -0.4 is 5.43 Å². The van der Waals surface area contributed by atoms with E-state index >= 15 is 0 Å². The molecule has 124 valence electrons. The Balaban J connectivity index is 2.19. The second-order valence-electron chi connectivity index (χ2n) is 4.76. The molecule has 9 heteroatoms. The highest BCUT2D eigenvalue weighted by molar-refractivity contribution is 6.34. The molecule has 2 rings (SSSR count). The number of nitro benzene ring substituents is 1. The second-order valence-corrected chi connectivity index (χ2v) is 5.17. The predicted octanol–water partition coefficient (Wildman–Crippen LogP) is 2.81. The third-order valence-electron chi connectivity index (χ3n) is 3.10. The fraction of sp³-hybridized carbons (Fsp3) is 0.0667. The maximum atomic E-state index is 12.0. The van der Waals surface area contributed by atoms with E-state index in [2.05, 4.69) is 10.5 Å². The minimum atomic E-state index is -0.660. The molecule has 0 unspecified atom stereocenters. The first-order chi connectivity index (χ1) is 11.3. The summed E-state index contributed by atoms with van der Waals surface area (Å²) in [7, 11) is 0. The van der Waals surface area contributed by atoms with Crippen LogP contribution in [0.1, 0.15) is 22.8 Å². The molecular formula is C15H12ClN3O5. The van der Waals surface area contributed by atoms with Gasteiger partial charge in [0.05, 0.1) is 21.2 Å². The SMILES string of the molecule is C/C(=N\NC(=O)c1ccc([N+](=O)[O-])cc1Cl)c1ccc(O)cc1O. The predicted molar refractivity (Wildman–Crippen MR) is 87.6 cm³/mol. The van der Waals surface area contributed by atoms with E-state index in [0.717, 1.165) is 18.2 Å². The molecule has 8 nitrogen and oxygen atoms in total. The van der Waals surface area contributed by atoms with Gasteiger partial charge in [-0.2, -0.15) is 5.10 Å². The zero-order valence-corrected chi connectivity index (χ0v) is 13.1. The first-order valence-electron chi connectivity index (χ1n) is 6.60. The van der Waals surface area contributed by atoms with Gasteiger partial charge in [-0.05, 0) is 25.1 Å². The first kappa shape index (κ1) is 17.2. The number of carbonyl (C=O) groups excluding carboxylic acids is 1. The molecule has 0 saturated carbocycles. The molecule has 0 radical (unpaired) electrons. The van der Waals surface area contributed by atoms with Crippen molar-refractivity contribution in [3.05, 3.63) is 62.7 Å². The van der Waals surface area contributed by atoms with Crippen molar-refractivity contribution in [2.75, 3.05) is 0 Å². The Morgan fingerprint density at radius 3 is 2.46 bits per heavy atom. The van der Waals surface area contributed by atoms with E-state index in [9.17, 15) is 25.1 Å². The van der Waals surface area contributed by atoms with Gasteiger partial charge in [-0.15, -0.1) is 0 Å². The highest BCUT2D eigenvalue weighted by Crippen LogP contribution is 2.24. The third kappa shape index (κ3) is 3.79. The molecule has 2 aromatic carbocycles. The van der Waals surface area contributed by atoms with Crippen molar-refractivity contribution in [3.8, 4) is 11.5 Å². The summed E-state index contributed by atoms with van der Waals surface area (Å²) >= 11 is 5.86. The smallest absolute Gasteiger partial charge is 0.272 e. The highest BCUT2D eigenvalue weighted by Gasteiger charge is 2.15. The lowest BCUT2D eigenvalue weighted by Crippen LogP contribution is -2.19. The van der Waals surface area contributed by atoms with Gasteiger partial charge in [-0.1, -0.05) is 11.6 Å². The van der Waals surface area contributed by atoms with Crippen LogP contribution in [0.5, 0.6) is 11.5 Å². The number of phenols is 2. The van der Waals surface area contributed by atoms with Crippen molar-refractivity contribution < 1.29 is 19.9 Å². The maximum Gasteiger partial charge on any atom is 0.272 e. The van der Waals surface area contributed by atoms with Crippen molar-refractivity contribution in [1.82, 2.24) is 5.43 Å². The molecule has 0 aliphatic rings. The van der Waals surface area contributed by atoms with Crippen LogP contribution in [-0.4, -0.2) is 26.8 Å². The zero-order valence-electron chi connectivity index (χ0n) is 12.4. The van der Waals surface area contributed by atoms with E-state index in [1.165, 1.54) is 18.2 Å². The summed E-state index contributed by atoms with van der Waals surface area (Å²) in [5, 5.41) is 33.4. The number of amides is 1. The number of nitrogens with zero attached hydrogens (tertiary/aromatic N) is 2. The Bertz CT molecular complexity index is 851. The van der Waals surface area contributed by atoms with Crippen LogP contribution >= 0.6 is 11.6 Å². The normalized spacial score (nSPS) is 11.2. The standard InChI is InChI=1S/C15H12ClN3O5/c1-8(11-5-3-10(20)7-14(11)21)17-18-15(22)12-4-2-9(19(23)24)6-13(12)16/h2-7,20-21H,1H3,(H,18,22)/b17-8+. The lowest BCUT2D eigenvalue weighted by atomic mass is 10.1. The number of aromatic hydroxyl groups is 2. The fourth-order valence-corrected chi connectivity index (χ4v) is 2.14. The quantitative estimate of drug-likeness (QED) is 0.444. The van der Waals surface area contributed by atoms with E-state index in [1.54, 1.807) is 6.92 Å². The first-order valence-corrected chi connectivity index (χ1v) is 6.98. The van der Waals surface area contributed by atoms with Gasteiger partial charge >= 0.3 is 0 Å². The second kappa shape index (κ2) is 6.97. The van der Waals surface area contributed by atoms with E-state index in [1.807, 2.05) is 0 Å². The third-order valence-corrected chi connectivity index (χ3v) is 3.42.